The molecule has 2 atom stereocenters. The largest absolute Gasteiger partial charge is 0.496 e. The first-order chi connectivity index (χ1) is 15.5. The van der Waals surface area contributed by atoms with Crippen LogP contribution >= 0.6 is 0 Å². The molecule has 5 rings (SSSR count). The van der Waals surface area contributed by atoms with Gasteiger partial charge < -0.3 is 19.5 Å². The number of piperidine rings is 1. The van der Waals surface area contributed by atoms with Crippen molar-refractivity contribution in [3.8, 4) is 28.1 Å². The summed E-state index contributed by atoms with van der Waals surface area (Å²) in [6.07, 6.45) is 8.07. The summed E-state index contributed by atoms with van der Waals surface area (Å²) in [6.45, 7) is 1.88. The van der Waals surface area contributed by atoms with Crippen LogP contribution in [0.15, 0.2) is 42.7 Å². The van der Waals surface area contributed by atoms with Gasteiger partial charge in [-0.05, 0) is 62.3 Å². The smallest absolute Gasteiger partial charge is 0.376 e. The van der Waals surface area contributed by atoms with Crippen LogP contribution in [-0.2, 0) is 0 Å². The molecule has 166 valence electrons. The van der Waals surface area contributed by atoms with Crippen molar-refractivity contribution in [2.24, 2.45) is 0 Å². The Hall–Kier alpha value is -2.91. The lowest BCUT2D eigenvalue weighted by atomic mass is 9.78. The highest BCUT2D eigenvalue weighted by Gasteiger charge is 2.44. The fourth-order valence-corrected chi connectivity index (χ4v) is 5.45. The van der Waals surface area contributed by atoms with Gasteiger partial charge >= 0.3 is 7.05 Å². The molecule has 8 nitrogen and oxygen atoms in total. The average molecular weight is 432 g/mol. The number of aromatic amines is 1. The zero-order chi connectivity index (χ0) is 22.2. The molecule has 0 spiro atoms. The number of nitrogens with one attached hydrogen (secondary N) is 1. The second-order valence-corrected chi connectivity index (χ2v) is 8.88. The quantitative estimate of drug-likeness (QED) is 0.579. The summed E-state index contributed by atoms with van der Waals surface area (Å²) in [5, 5.41) is 26.1. The van der Waals surface area contributed by atoms with E-state index in [2.05, 4.69) is 37.2 Å². The number of hydrogen-bond donors (Lipinski definition) is 2. The lowest BCUT2D eigenvalue weighted by molar-refractivity contribution is 0.199. The minimum Gasteiger partial charge on any atom is -0.496 e. The Morgan fingerprint density at radius 3 is 2.50 bits per heavy atom. The molecule has 1 aromatic carbocycles. The maximum absolute atomic E-state index is 10.1. The second kappa shape index (κ2) is 8.56. The number of ether oxygens (including phenoxy) is 1. The van der Waals surface area contributed by atoms with Gasteiger partial charge in [-0.3, -0.25) is 5.10 Å². The first-order valence-corrected chi connectivity index (χ1v) is 11.2. The van der Waals surface area contributed by atoms with E-state index >= 15 is 0 Å². The van der Waals surface area contributed by atoms with Gasteiger partial charge in [-0.1, -0.05) is 6.07 Å². The average Bonchev–Trinajstić information content (AvgIpc) is 3.45. The van der Waals surface area contributed by atoms with E-state index in [4.69, 9.17) is 4.74 Å². The number of nitrogens with zero attached hydrogens (tertiary/aromatic N) is 5. The van der Waals surface area contributed by atoms with Crippen LogP contribution in [0.5, 0.6) is 5.75 Å². The van der Waals surface area contributed by atoms with Crippen molar-refractivity contribution in [3.05, 3.63) is 42.7 Å². The van der Waals surface area contributed by atoms with E-state index < -0.39 is 0 Å². The Kier molecular flexibility index (Phi) is 5.61. The van der Waals surface area contributed by atoms with Crippen LogP contribution in [0.2, 0.25) is 6.82 Å². The number of aromatic nitrogens is 4. The molecule has 2 aromatic heterocycles. The third-order valence-corrected chi connectivity index (χ3v) is 7.06. The van der Waals surface area contributed by atoms with Crippen molar-refractivity contribution in [2.75, 3.05) is 19.1 Å². The normalized spacial score (nSPS) is 22.7. The van der Waals surface area contributed by atoms with E-state index in [0.717, 1.165) is 46.8 Å². The Morgan fingerprint density at radius 2 is 1.91 bits per heavy atom. The highest BCUT2D eigenvalue weighted by Crippen LogP contribution is 2.39. The van der Waals surface area contributed by atoms with E-state index in [1.54, 1.807) is 13.3 Å². The molecule has 2 fully saturated rings. The predicted molar refractivity (Wildman–Crippen MR) is 126 cm³/mol. The molecule has 0 radical (unpaired) electrons. The lowest BCUT2D eigenvalue weighted by Crippen LogP contribution is -2.54. The van der Waals surface area contributed by atoms with Crippen LogP contribution in [0.1, 0.15) is 25.7 Å². The summed E-state index contributed by atoms with van der Waals surface area (Å²) in [7, 11) is 3.40. The van der Waals surface area contributed by atoms with Crippen molar-refractivity contribution in [1.29, 1.82) is 0 Å². The molecular weight excluding hydrogens is 403 g/mol. The number of fused-ring (bicyclic) bond motifs is 2. The zero-order valence-electron chi connectivity index (χ0n) is 18.8. The third-order valence-electron chi connectivity index (χ3n) is 7.06. The van der Waals surface area contributed by atoms with Crippen LogP contribution in [0, 0.1) is 0 Å². The SMILES string of the molecule is COc1cc(-c2cn[nH]c2)ccc1-c1ccc(N(C)C2CC3CCC(C2)N3B(C)O)nn1. The fraction of sp³-hybridized carbons (Fsp3) is 0.435. The topological polar surface area (TPSA) is 90.4 Å². The van der Waals surface area contributed by atoms with Crippen molar-refractivity contribution >= 4 is 12.9 Å². The van der Waals surface area contributed by atoms with E-state index in [9.17, 15) is 5.02 Å². The molecule has 2 saturated heterocycles. The van der Waals surface area contributed by atoms with Crippen LogP contribution in [0.4, 0.5) is 5.82 Å². The van der Waals surface area contributed by atoms with Crippen LogP contribution in [-0.4, -0.2) is 69.6 Å². The van der Waals surface area contributed by atoms with E-state index in [1.807, 2.05) is 43.4 Å². The number of H-pyrrole nitrogens is 1. The van der Waals surface area contributed by atoms with Gasteiger partial charge in [0, 0.05) is 42.5 Å². The summed E-state index contributed by atoms with van der Waals surface area (Å²) >= 11 is 0. The van der Waals surface area contributed by atoms with Crippen LogP contribution < -0.4 is 9.64 Å². The predicted octanol–water partition coefficient (Wildman–Crippen LogP) is 3.08. The second-order valence-electron chi connectivity index (χ2n) is 8.88. The minimum absolute atomic E-state index is 0.368. The number of methoxy groups -OCH3 is 1. The van der Waals surface area contributed by atoms with Crippen molar-refractivity contribution in [1.82, 2.24) is 25.2 Å². The maximum Gasteiger partial charge on any atom is 0.376 e. The minimum atomic E-state index is -0.368. The van der Waals surface area contributed by atoms with Crippen molar-refractivity contribution in [2.45, 2.75) is 50.6 Å². The summed E-state index contributed by atoms with van der Waals surface area (Å²) in [5.41, 5.74) is 3.72. The van der Waals surface area contributed by atoms with Gasteiger partial charge in [0.2, 0.25) is 0 Å². The van der Waals surface area contributed by atoms with Crippen LogP contribution in [0.3, 0.4) is 0 Å². The Labute approximate surface area is 188 Å². The van der Waals surface area contributed by atoms with Gasteiger partial charge in [-0.25, -0.2) is 0 Å². The standard InChI is InChI=1S/C23H29BN6O2/c1-24(31)30-17-5-6-18(30)12-19(11-17)29(2)23-9-8-21(27-28-23)20-7-4-15(10-22(20)32-3)16-13-25-26-14-16/h4,7-10,13-14,17-19,31H,5-6,11-12H2,1-3H3,(H,25,26). The molecule has 2 bridgehead atoms. The van der Waals surface area contributed by atoms with Gasteiger partial charge in [0.15, 0.2) is 5.82 Å². The van der Waals surface area contributed by atoms with Gasteiger partial charge in [-0.15, -0.1) is 10.2 Å². The molecule has 2 N–H and O–H groups in total. The highest BCUT2D eigenvalue weighted by molar-refractivity contribution is 6.45. The first-order valence-electron chi connectivity index (χ1n) is 11.2. The highest BCUT2D eigenvalue weighted by atomic mass is 16.5. The molecule has 0 saturated carbocycles. The van der Waals surface area contributed by atoms with Gasteiger partial charge in [0.25, 0.3) is 0 Å². The summed E-state index contributed by atoms with van der Waals surface area (Å²) in [6, 6.07) is 11.4. The molecular formula is C23H29BN6O2. The summed E-state index contributed by atoms with van der Waals surface area (Å²) in [4.78, 5) is 4.54. The summed E-state index contributed by atoms with van der Waals surface area (Å²) in [5.74, 6) is 1.62. The van der Waals surface area contributed by atoms with Gasteiger partial charge in [0.1, 0.15) is 5.75 Å². The Morgan fingerprint density at radius 1 is 1.12 bits per heavy atom. The zero-order valence-corrected chi connectivity index (χ0v) is 18.8. The lowest BCUT2D eigenvalue weighted by Gasteiger charge is -2.43. The van der Waals surface area contributed by atoms with E-state index in [1.165, 1.54) is 12.8 Å². The monoisotopic (exact) mass is 432 g/mol. The molecule has 0 aliphatic carbocycles. The van der Waals surface area contributed by atoms with Crippen molar-refractivity contribution < 1.29 is 9.76 Å². The number of benzene rings is 1. The number of rotatable bonds is 6. The Bertz CT molecular complexity index is 1040. The van der Waals surface area contributed by atoms with E-state index in [0.29, 0.717) is 18.1 Å². The van der Waals surface area contributed by atoms with Crippen molar-refractivity contribution in [3.63, 3.8) is 0 Å². The maximum atomic E-state index is 10.1. The molecule has 3 aromatic rings. The van der Waals surface area contributed by atoms with Gasteiger partial charge in [-0.2, -0.15) is 5.10 Å². The number of hydrogen-bond acceptors (Lipinski definition) is 7. The van der Waals surface area contributed by atoms with Gasteiger partial charge in [0.05, 0.1) is 19.0 Å². The molecule has 0 amide bonds. The molecule has 2 aliphatic rings. The molecule has 2 aliphatic heterocycles. The third kappa shape index (κ3) is 3.76. The molecule has 32 heavy (non-hydrogen) atoms. The molecule has 9 heteroatoms. The fourth-order valence-electron chi connectivity index (χ4n) is 5.45. The summed E-state index contributed by atoms with van der Waals surface area (Å²) < 4.78 is 5.64. The first kappa shape index (κ1) is 21.0. The Balaban J connectivity index is 1.33. The van der Waals surface area contributed by atoms with E-state index in [-0.39, 0.29) is 7.05 Å². The molecule has 2 unspecified atom stereocenters. The number of anilines is 1. The molecule has 4 heterocycles. The van der Waals surface area contributed by atoms with Crippen LogP contribution in [0.25, 0.3) is 22.4 Å².